The molecule has 0 spiro atoms. The van der Waals surface area contributed by atoms with Crippen LogP contribution in [-0.4, -0.2) is 15.7 Å². The Kier molecular flexibility index (Phi) is 3.36. The largest absolute Gasteiger partial charge is 0.406 e. The Morgan fingerprint density at radius 1 is 1.35 bits per heavy atom. The van der Waals surface area contributed by atoms with Crippen LogP contribution in [0.2, 0.25) is 0 Å². The molecule has 0 radical (unpaired) electrons. The fraction of sp³-hybridized carbons (Fsp3) is 0.300. The zero-order valence-corrected chi connectivity index (χ0v) is 10.8. The van der Waals surface area contributed by atoms with Gasteiger partial charge in [-0.1, -0.05) is 15.9 Å². The number of hydrogen-bond donors (Lipinski definition) is 0. The predicted molar refractivity (Wildman–Crippen MR) is 63.0 cm³/mol. The number of alkyl halides is 4. The second kappa shape index (κ2) is 4.49. The summed E-state index contributed by atoms with van der Waals surface area (Å²) < 4.78 is 39.2. The molecule has 0 bridgehead atoms. The molecule has 0 fully saturated rings. The molecule has 1 aromatic heterocycles. The highest BCUT2D eigenvalue weighted by Gasteiger charge is 2.30. The molecule has 0 saturated carbocycles. The van der Waals surface area contributed by atoms with Gasteiger partial charge in [-0.25, -0.2) is 4.98 Å². The molecule has 0 aliphatic rings. The van der Waals surface area contributed by atoms with Gasteiger partial charge in [0.15, 0.2) is 0 Å². The summed E-state index contributed by atoms with van der Waals surface area (Å²) in [5.41, 5.74) is 0.931. The maximum Gasteiger partial charge on any atom is 0.406 e. The minimum Gasteiger partial charge on any atom is -0.318 e. The van der Waals surface area contributed by atoms with Crippen molar-refractivity contribution in [2.75, 3.05) is 0 Å². The number of nitrogens with zero attached hydrogens (tertiary/aromatic N) is 2. The predicted octanol–water partition coefficient (Wildman–Crippen LogP) is 4.10. The first kappa shape index (κ1) is 12.7. The van der Waals surface area contributed by atoms with Crippen molar-refractivity contribution >= 4 is 38.6 Å². The second-order valence-corrected chi connectivity index (χ2v) is 4.68. The summed E-state index contributed by atoms with van der Waals surface area (Å²) in [5.74, 6) is 0.166. The zero-order valence-electron chi connectivity index (χ0n) is 8.43. The normalized spacial score (nSPS) is 12.3. The number of hydrogen-bond acceptors (Lipinski definition) is 1. The summed E-state index contributed by atoms with van der Waals surface area (Å²) in [5, 5.41) is 0. The van der Waals surface area contributed by atoms with Gasteiger partial charge in [-0.15, -0.1) is 11.6 Å². The molecule has 17 heavy (non-hydrogen) atoms. The molecule has 1 aromatic carbocycles. The molecule has 2 aromatic rings. The molecule has 0 unspecified atom stereocenters. The third-order valence-electron chi connectivity index (χ3n) is 2.25. The first-order chi connectivity index (χ1) is 7.90. The molecule has 0 atom stereocenters. The van der Waals surface area contributed by atoms with Crippen LogP contribution in [0.25, 0.3) is 11.0 Å². The van der Waals surface area contributed by atoms with Crippen molar-refractivity contribution in [2.24, 2.45) is 0 Å². The fourth-order valence-electron chi connectivity index (χ4n) is 1.60. The summed E-state index contributed by atoms with van der Waals surface area (Å²) in [7, 11) is 0. The van der Waals surface area contributed by atoms with Crippen LogP contribution in [0.3, 0.4) is 0 Å². The molecule has 0 saturated heterocycles. The number of benzene rings is 1. The van der Waals surface area contributed by atoms with Crippen LogP contribution in [0.4, 0.5) is 13.2 Å². The third kappa shape index (κ3) is 2.74. The maximum absolute atomic E-state index is 12.5. The van der Waals surface area contributed by atoms with Gasteiger partial charge in [-0.2, -0.15) is 13.2 Å². The number of aromatic nitrogens is 2. The van der Waals surface area contributed by atoms with Crippen molar-refractivity contribution in [3.05, 3.63) is 28.5 Å². The van der Waals surface area contributed by atoms with Gasteiger partial charge in [0.2, 0.25) is 0 Å². The molecule has 0 N–H and O–H groups in total. The van der Waals surface area contributed by atoms with E-state index in [2.05, 4.69) is 20.9 Å². The molecule has 1 heterocycles. The molecule has 7 heteroatoms. The zero-order chi connectivity index (χ0) is 12.6. The molecular formula is C10H7BrClF3N2. The lowest BCUT2D eigenvalue weighted by Crippen LogP contribution is -2.19. The average Bonchev–Trinajstić information content (AvgIpc) is 2.54. The van der Waals surface area contributed by atoms with Gasteiger partial charge in [-0.3, -0.25) is 0 Å². The standard InChI is InChI=1S/C10H7BrClF3N2/c11-6-1-2-7-8(3-6)17(5-10(13,14)15)9(4-12)16-7/h1-3H,4-5H2. The van der Waals surface area contributed by atoms with E-state index in [1.807, 2.05) is 0 Å². The van der Waals surface area contributed by atoms with Gasteiger partial charge < -0.3 is 4.57 Å². The molecule has 0 aliphatic heterocycles. The molecule has 2 nitrogen and oxygen atoms in total. The van der Waals surface area contributed by atoms with Crippen LogP contribution in [0.15, 0.2) is 22.7 Å². The van der Waals surface area contributed by atoms with E-state index in [9.17, 15) is 13.2 Å². The van der Waals surface area contributed by atoms with E-state index >= 15 is 0 Å². The van der Waals surface area contributed by atoms with Gasteiger partial charge in [-0.05, 0) is 18.2 Å². The summed E-state index contributed by atoms with van der Waals surface area (Å²) in [6.07, 6.45) is -4.29. The van der Waals surface area contributed by atoms with Crippen LogP contribution in [0.1, 0.15) is 5.82 Å². The third-order valence-corrected chi connectivity index (χ3v) is 2.98. The number of rotatable bonds is 2. The van der Waals surface area contributed by atoms with Crippen LogP contribution in [0, 0.1) is 0 Å². The van der Waals surface area contributed by atoms with Crippen LogP contribution in [-0.2, 0) is 12.4 Å². The summed E-state index contributed by atoms with van der Waals surface area (Å²) in [6, 6.07) is 4.98. The van der Waals surface area contributed by atoms with Gasteiger partial charge in [0, 0.05) is 4.47 Å². The Bertz CT molecular complexity index is 550. The Balaban J connectivity index is 2.60. The van der Waals surface area contributed by atoms with E-state index in [1.54, 1.807) is 18.2 Å². The van der Waals surface area contributed by atoms with Gasteiger partial charge in [0.1, 0.15) is 12.4 Å². The van der Waals surface area contributed by atoms with Crippen molar-refractivity contribution in [1.29, 1.82) is 0 Å². The summed E-state index contributed by atoms with van der Waals surface area (Å²) >= 11 is 8.83. The van der Waals surface area contributed by atoms with E-state index in [0.29, 0.717) is 15.5 Å². The molecular weight excluding hydrogens is 320 g/mol. The Hall–Kier alpha value is -0.750. The lowest BCUT2D eigenvalue weighted by molar-refractivity contribution is -0.140. The van der Waals surface area contributed by atoms with E-state index in [0.717, 1.165) is 4.57 Å². The summed E-state index contributed by atoms with van der Waals surface area (Å²) in [6.45, 7) is -1.08. The number of imidazole rings is 1. The van der Waals surface area contributed by atoms with E-state index < -0.39 is 12.7 Å². The Labute approximate surface area is 109 Å². The van der Waals surface area contributed by atoms with Crippen molar-refractivity contribution in [2.45, 2.75) is 18.6 Å². The molecule has 2 rings (SSSR count). The highest BCUT2D eigenvalue weighted by atomic mass is 79.9. The number of fused-ring (bicyclic) bond motifs is 1. The highest BCUT2D eigenvalue weighted by molar-refractivity contribution is 9.10. The van der Waals surface area contributed by atoms with Crippen molar-refractivity contribution in [3.8, 4) is 0 Å². The molecule has 92 valence electrons. The quantitative estimate of drug-likeness (QED) is 0.759. The molecule has 0 aliphatic carbocycles. The van der Waals surface area contributed by atoms with Gasteiger partial charge >= 0.3 is 6.18 Å². The van der Waals surface area contributed by atoms with E-state index in [-0.39, 0.29) is 11.7 Å². The van der Waals surface area contributed by atoms with Gasteiger partial charge in [0.05, 0.1) is 16.9 Å². The average molecular weight is 328 g/mol. The molecule has 0 amide bonds. The monoisotopic (exact) mass is 326 g/mol. The number of halogens is 5. The van der Waals surface area contributed by atoms with Crippen molar-refractivity contribution in [1.82, 2.24) is 9.55 Å². The highest BCUT2D eigenvalue weighted by Crippen LogP contribution is 2.26. The summed E-state index contributed by atoms with van der Waals surface area (Å²) in [4.78, 5) is 4.07. The fourth-order valence-corrected chi connectivity index (χ4v) is 2.16. The Morgan fingerprint density at radius 3 is 2.65 bits per heavy atom. The maximum atomic E-state index is 12.5. The minimum absolute atomic E-state index is 0.0532. The van der Waals surface area contributed by atoms with Crippen LogP contribution < -0.4 is 0 Å². The topological polar surface area (TPSA) is 17.8 Å². The van der Waals surface area contributed by atoms with Crippen LogP contribution in [0.5, 0.6) is 0 Å². The van der Waals surface area contributed by atoms with Crippen molar-refractivity contribution < 1.29 is 13.2 Å². The first-order valence-corrected chi connectivity index (χ1v) is 6.01. The van der Waals surface area contributed by atoms with E-state index in [4.69, 9.17) is 11.6 Å². The SMILES string of the molecule is FC(F)(F)Cn1c(CCl)nc2ccc(Br)cc21. The lowest BCUT2D eigenvalue weighted by Gasteiger charge is -2.10. The van der Waals surface area contributed by atoms with Crippen molar-refractivity contribution in [3.63, 3.8) is 0 Å². The first-order valence-electron chi connectivity index (χ1n) is 4.68. The second-order valence-electron chi connectivity index (χ2n) is 3.50. The Morgan fingerprint density at radius 2 is 2.06 bits per heavy atom. The van der Waals surface area contributed by atoms with Crippen LogP contribution >= 0.6 is 27.5 Å². The smallest absolute Gasteiger partial charge is 0.318 e. The lowest BCUT2D eigenvalue weighted by atomic mass is 10.3. The van der Waals surface area contributed by atoms with Gasteiger partial charge in [0.25, 0.3) is 0 Å². The minimum atomic E-state index is -4.29. The van der Waals surface area contributed by atoms with E-state index in [1.165, 1.54) is 0 Å².